The number of anilines is 1. The molecule has 0 atom stereocenters. The summed E-state index contributed by atoms with van der Waals surface area (Å²) in [5, 5.41) is 4.59. The maximum absolute atomic E-state index is 12.2. The number of hydrogen-bond donors (Lipinski definition) is 2. The molecule has 1 aromatic heterocycles. The van der Waals surface area contributed by atoms with E-state index in [0.717, 1.165) is 26.6 Å². The standard InChI is InChI=1S/C16H12BrClN2O/c17-13-3-1-2-4-14(13)20-16(21)7-10-9-19-15-8-11(18)5-6-12(10)15/h1-6,8-9,19H,7H2,(H,20,21). The van der Waals surface area contributed by atoms with E-state index in [2.05, 4.69) is 26.2 Å². The van der Waals surface area contributed by atoms with Crippen LogP contribution in [0, 0.1) is 0 Å². The maximum atomic E-state index is 12.2. The Hall–Kier alpha value is -1.78. The molecular formula is C16H12BrClN2O. The van der Waals surface area contributed by atoms with Gasteiger partial charge in [0.1, 0.15) is 0 Å². The van der Waals surface area contributed by atoms with Gasteiger partial charge in [0.2, 0.25) is 5.91 Å². The van der Waals surface area contributed by atoms with Crippen LogP contribution in [0.2, 0.25) is 5.02 Å². The number of aromatic amines is 1. The first-order valence-corrected chi connectivity index (χ1v) is 7.60. The fourth-order valence-electron chi connectivity index (χ4n) is 2.23. The van der Waals surface area contributed by atoms with E-state index >= 15 is 0 Å². The first-order valence-electron chi connectivity index (χ1n) is 6.43. The van der Waals surface area contributed by atoms with Gasteiger partial charge in [0.05, 0.1) is 12.1 Å². The molecule has 0 fully saturated rings. The number of benzene rings is 2. The lowest BCUT2D eigenvalue weighted by Gasteiger charge is -2.06. The van der Waals surface area contributed by atoms with Crippen molar-refractivity contribution in [1.29, 1.82) is 0 Å². The normalized spacial score (nSPS) is 10.8. The van der Waals surface area contributed by atoms with Crippen LogP contribution in [0.3, 0.4) is 0 Å². The summed E-state index contributed by atoms with van der Waals surface area (Å²) in [6, 6.07) is 13.1. The zero-order valence-electron chi connectivity index (χ0n) is 11.0. The monoisotopic (exact) mass is 362 g/mol. The number of nitrogens with one attached hydrogen (secondary N) is 2. The molecule has 0 bridgehead atoms. The number of amides is 1. The summed E-state index contributed by atoms with van der Waals surface area (Å²) in [6.45, 7) is 0. The highest BCUT2D eigenvalue weighted by Crippen LogP contribution is 2.24. The second kappa shape index (κ2) is 5.92. The highest BCUT2D eigenvalue weighted by atomic mass is 79.9. The van der Waals surface area contributed by atoms with Crippen molar-refractivity contribution in [3.05, 3.63) is 63.7 Å². The third-order valence-electron chi connectivity index (χ3n) is 3.23. The number of fused-ring (bicyclic) bond motifs is 1. The number of carbonyl (C=O) groups excluding carboxylic acids is 1. The van der Waals surface area contributed by atoms with Crippen molar-refractivity contribution in [2.24, 2.45) is 0 Å². The number of carbonyl (C=O) groups is 1. The molecule has 2 N–H and O–H groups in total. The molecule has 0 unspecified atom stereocenters. The van der Waals surface area contributed by atoms with Gasteiger partial charge < -0.3 is 10.3 Å². The van der Waals surface area contributed by atoms with Gasteiger partial charge in [-0.1, -0.05) is 29.8 Å². The van der Waals surface area contributed by atoms with Crippen LogP contribution in [-0.2, 0) is 11.2 Å². The molecule has 0 radical (unpaired) electrons. The Labute approximate surface area is 135 Å². The summed E-state index contributed by atoms with van der Waals surface area (Å²) in [6.07, 6.45) is 2.16. The van der Waals surface area contributed by atoms with Crippen LogP contribution in [-0.4, -0.2) is 10.9 Å². The molecule has 0 aliphatic heterocycles. The van der Waals surface area contributed by atoms with Gasteiger partial charge in [0.25, 0.3) is 0 Å². The van der Waals surface area contributed by atoms with Crippen LogP contribution < -0.4 is 5.32 Å². The molecule has 3 nitrogen and oxygen atoms in total. The summed E-state index contributed by atoms with van der Waals surface area (Å²) >= 11 is 9.37. The molecule has 5 heteroatoms. The smallest absolute Gasteiger partial charge is 0.228 e. The zero-order valence-corrected chi connectivity index (χ0v) is 13.3. The van der Waals surface area contributed by atoms with E-state index in [1.165, 1.54) is 0 Å². The predicted octanol–water partition coefficient (Wildman–Crippen LogP) is 4.77. The minimum Gasteiger partial charge on any atom is -0.361 e. The molecule has 0 saturated carbocycles. The van der Waals surface area contributed by atoms with Crippen LogP contribution in [0.15, 0.2) is 53.1 Å². The van der Waals surface area contributed by atoms with Gasteiger partial charge in [-0.2, -0.15) is 0 Å². The first-order chi connectivity index (χ1) is 10.1. The Kier molecular flexibility index (Phi) is 3.99. The zero-order chi connectivity index (χ0) is 14.8. The molecule has 0 spiro atoms. The molecule has 106 valence electrons. The van der Waals surface area contributed by atoms with Crippen LogP contribution in [0.1, 0.15) is 5.56 Å². The lowest BCUT2D eigenvalue weighted by molar-refractivity contribution is -0.115. The van der Waals surface area contributed by atoms with E-state index in [1.807, 2.05) is 48.7 Å². The first kappa shape index (κ1) is 14.2. The lowest BCUT2D eigenvalue weighted by Crippen LogP contribution is -2.14. The highest BCUT2D eigenvalue weighted by molar-refractivity contribution is 9.10. The minimum absolute atomic E-state index is 0.0576. The van der Waals surface area contributed by atoms with Gasteiger partial charge in [0, 0.05) is 26.6 Å². The van der Waals surface area contributed by atoms with E-state index in [9.17, 15) is 4.79 Å². The number of hydrogen-bond acceptors (Lipinski definition) is 1. The van der Waals surface area contributed by atoms with Gasteiger partial charge in [-0.3, -0.25) is 4.79 Å². The van der Waals surface area contributed by atoms with Crippen molar-refractivity contribution in [2.75, 3.05) is 5.32 Å². The third-order valence-corrected chi connectivity index (χ3v) is 4.16. The van der Waals surface area contributed by atoms with E-state index in [0.29, 0.717) is 11.4 Å². The Bertz CT molecular complexity index is 813. The summed E-state index contributed by atoms with van der Waals surface area (Å²) in [7, 11) is 0. The number of halogens is 2. The Morgan fingerprint density at radius 1 is 1.24 bits per heavy atom. The van der Waals surface area contributed by atoms with E-state index in [-0.39, 0.29) is 5.91 Å². The Balaban J connectivity index is 1.79. The summed E-state index contributed by atoms with van der Waals surface area (Å²) in [5.74, 6) is -0.0576. The van der Waals surface area contributed by atoms with Gasteiger partial charge in [-0.25, -0.2) is 0 Å². The maximum Gasteiger partial charge on any atom is 0.228 e. The van der Waals surface area contributed by atoms with Gasteiger partial charge >= 0.3 is 0 Å². The van der Waals surface area contributed by atoms with Crippen LogP contribution >= 0.6 is 27.5 Å². The van der Waals surface area contributed by atoms with E-state index in [1.54, 1.807) is 0 Å². The summed E-state index contributed by atoms with van der Waals surface area (Å²) in [5.41, 5.74) is 2.66. The van der Waals surface area contributed by atoms with Crippen molar-refractivity contribution >= 4 is 50.0 Å². The second-order valence-corrected chi connectivity index (χ2v) is 6.00. The lowest BCUT2D eigenvalue weighted by atomic mass is 10.1. The number of para-hydroxylation sites is 1. The van der Waals surface area contributed by atoms with Crippen molar-refractivity contribution < 1.29 is 4.79 Å². The van der Waals surface area contributed by atoms with E-state index < -0.39 is 0 Å². The highest BCUT2D eigenvalue weighted by Gasteiger charge is 2.10. The number of H-pyrrole nitrogens is 1. The molecular weight excluding hydrogens is 352 g/mol. The Morgan fingerprint density at radius 2 is 2.05 bits per heavy atom. The van der Waals surface area contributed by atoms with Gasteiger partial charge in [-0.05, 0) is 45.8 Å². The number of rotatable bonds is 3. The third kappa shape index (κ3) is 3.12. The SMILES string of the molecule is O=C(Cc1c[nH]c2cc(Cl)ccc12)Nc1ccccc1Br. The van der Waals surface area contributed by atoms with Crippen LogP contribution in [0.5, 0.6) is 0 Å². The fourth-order valence-corrected chi connectivity index (χ4v) is 2.79. The Morgan fingerprint density at radius 3 is 2.86 bits per heavy atom. The topological polar surface area (TPSA) is 44.9 Å². The molecule has 3 rings (SSSR count). The van der Waals surface area contributed by atoms with Crippen molar-refractivity contribution in [3.63, 3.8) is 0 Å². The summed E-state index contributed by atoms with van der Waals surface area (Å²) in [4.78, 5) is 15.3. The molecule has 0 aliphatic carbocycles. The largest absolute Gasteiger partial charge is 0.361 e. The van der Waals surface area contributed by atoms with Gasteiger partial charge in [0.15, 0.2) is 0 Å². The predicted molar refractivity (Wildman–Crippen MR) is 89.8 cm³/mol. The molecule has 2 aromatic carbocycles. The molecule has 0 saturated heterocycles. The van der Waals surface area contributed by atoms with Crippen molar-refractivity contribution in [3.8, 4) is 0 Å². The molecule has 3 aromatic rings. The molecule has 0 aliphatic rings. The quantitative estimate of drug-likeness (QED) is 0.692. The second-order valence-electron chi connectivity index (χ2n) is 4.71. The van der Waals surface area contributed by atoms with Crippen LogP contribution in [0.25, 0.3) is 10.9 Å². The van der Waals surface area contributed by atoms with Crippen molar-refractivity contribution in [2.45, 2.75) is 6.42 Å². The fraction of sp³-hybridized carbons (Fsp3) is 0.0625. The van der Waals surface area contributed by atoms with Gasteiger partial charge in [-0.15, -0.1) is 0 Å². The molecule has 1 heterocycles. The van der Waals surface area contributed by atoms with E-state index in [4.69, 9.17) is 11.6 Å². The minimum atomic E-state index is -0.0576. The molecule has 21 heavy (non-hydrogen) atoms. The number of aromatic nitrogens is 1. The average Bonchev–Trinajstić information content (AvgIpc) is 2.83. The molecule has 1 amide bonds. The van der Waals surface area contributed by atoms with Crippen molar-refractivity contribution in [1.82, 2.24) is 4.98 Å². The average molecular weight is 364 g/mol. The summed E-state index contributed by atoms with van der Waals surface area (Å²) < 4.78 is 0.865. The van der Waals surface area contributed by atoms with Crippen LogP contribution in [0.4, 0.5) is 5.69 Å².